The Bertz CT molecular complexity index is 1870. The van der Waals surface area contributed by atoms with Crippen LogP contribution in [0, 0.1) is 22.6 Å². The lowest BCUT2D eigenvalue weighted by molar-refractivity contribution is -0.138. The molecule has 3 aromatic rings. The van der Waals surface area contributed by atoms with Gasteiger partial charge in [0.15, 0.2) is 0 Å². The van der Waals surface area contributed by atoms with Crippen LogP contribution in [-0.2, 0) is 12.7 Å². The van der Waals surface area contributed by atoms with Gasteiger partial charge in [0.25, 0.3) is 11.5 Å². The summed E-state index contributed by atoms with van der Waals surface area (Å²) in [5.74, 6) is -1.51. The first kappa shape index (κ1) is 38.5. The summed E-state index contributed by atoms with van der Waals surface area (Å²) in [6.07, 6.45) is -0.198. The molecule has 0 radical (unpaired) electrons. The van der Waals surface area contributed by atoms with Gasteiger partial charge >= 0.3 is 6.18 Å². The van der Waals surface area contributed by atoms with Crippen LogP contribution in [0.15, 0.2) is 71.7 Å². The van der Waals surface area contributed by atoms with Gasteiger partial charge in [-0.2, -0.15) is 13.2 Å². The fraction of sp³-hybridized carbons (Fsp3) is 0.421. The molecule has 2 aliphatic rings. The molecule has 0 bridgehead atoms. The van der Waals surface area contributed by atoms with E-state index in [2.05, 4.69) is 10.2 Å². The minimum absolute atomic E-state index is 0.00368. The molecule has 52 heavy (non-hydrogen) atoms. The van der Waals surface area contributed by atoms with Crippen molar-refractivity contribution in [1.29, 1.82) is 10.8 Å². The van der Waals surface area contributed by atoms with Crippen molar-refractivity contribution in [2.45, 2.75) is 64.1 Å². The molecule has 2 aromatic carbocycles. The van der Waals surface area contributed by atoms with Gasteiger partial charge in [0.2, 0.25) is 0 Å². The molecule has 0 aliphatic carbocycles. The summed E-state index contributed by atoms with van der Waals surface area (Å²) < 4.78 is 77.7. The lowest BCUT2D eigenvalue weighted by Crippen LogP contribution is -2.55. The van der Waals surface area contributed by atoms with Crippen molar-refractivity contribution in [3.63, 3.8) is 0 Å². The number of hydrogen-bond donors (Lipinski definition) is 3. The number of nitrogens with zero attached hydrogens (tertiary/aromatic N) is 3. The number of benzene rings is 2. The van der Waals surface area contributed by atoms with Crippen LogP contribution in [0.2, 0.25) is 0 Å². The number of amides is 1. The second-order valence-corrected chi connectivity index (χ2v) is 13.7. The van der Waals surface area contributed by atoms with Gasteiger partial charge in [-0.05, 0) is 99.0 Å². The fourth-order valence-electron chi connectivity index (χ4n) is 6.38. The van der Waals surface area contributed by atoms with Crippen LogP contribution < -0.4 is 15.6 Å². The van der Waals surface area contributed by atoms with Crippen LogP contribution >= 0.6 is 0 Å². The summed E-state index contributed by atoms with van der Waals surface area (Å²) in [5, 5.41) is 19.2. The maximum absolute atomic E-state index is 15.7. The van der Waals surface area contributed by atoms with E-state index >= 15 is 4.39 Å². The van der Waals surface area contributed by atoms with Gasteiger partial charge in [-0.25, -0.2) is 8.78 Å². The number of alkyl halides is 4. The zero-order valence-corrected chi connectivity index (χ0v) is 29.3. The van der Waals surface area contributed by atoms with E-state index in [4.69, 9.17) is 15.6 Å². The Kier molecular flexibility index (Phi) is 12.1. The minimum atomic E-state index is -4.72. The monoisotopic (exact) mass is 726 g/mol. The topological polar surface area (TPSA) is 115 Å². The van der Waals surface area contributed by atoms with Crippen LogP contribution in [0.1, 0.15) is 60.2 Å². The normalized spacial score (nSPS) is 19.2. The number of hydrogen-bond acceptors (Lipinski definition) is 7. The number of allylic oxidation sites excluding steroid dienone is 2. The minimum Gasteiger partial charge on any atom is -0.457 e. The Morgan fingerprint density at radius 3 is 2.35 bits per heavy atom. The number of rotatable bonds is 11. The van der Waals surface area contributed by atoms with Crippen molar-refractivity contribution >= 4 is 17.3 Å². The molecule has 14 heteroatoms. The Morgan fingerprint density at radius 1 is 1.02 bits per heavy atom. The third-order valence-electron chi connectivity index (χ3n) is 9.53. The van der Waals surface area contributed by atoms with Crippen molar-refractivity contribution in [3.05, 3.63) is 105 Å². The maximum Gasteiger partial charge on any atom is 0.417 e. The molecular formula is C38H43F5N6O3. The molecule has 1 amide bonds. The number of aromatic nitrogens is 1. The summed E-state index contributed by atoms with van der Waals surface area (Å²) in [6.45, 7) is 5.58. The number of likely N-dealkylation sites (tertiary alicyclic amines) is 2. The highest BCUT2D eigenvalue weighted by Gasteiger charge is 2.35. The van der Waals surface area contributed by atoms with Gasteiger partial charge in [-0.1, -0.05) is 13.8 Å². The molecule has 3 heterocycles. The zero-order chi connectivity index (χ0) is 37.7. The van der Waals surface area contributed by atoms with Gasteiger partial charge in [0.05, 0.1) is 23.4 Å². The van der Waals surface area contributed by atoms with E-state index in [0.717, 1.165) is 29.3 Å². The molecular weight excluding hydrogens is 683 g/mol. The quantitative estimate of drug-likeness (QED) is 0.151. The molecule has 2 aliphatic heterocycles. The van der Waals surface area contributed by atoms with E-state index in [1.165, 1.54) is 18.2 Å². The average molecular weight is 727 g/mol. The largest absolute Gasteiger partial charge is 0.457 e. The number of pyridine rings is 1. The Balaban J connectivity index is 1.37. The molecule has 2 atom stereocenters. The molecule has 5 rings (SSSR count). The number of carbonyl (C=O) groups excluding carboxylic acids is 1. The van der Waals surface area contributed by atoms with E-state index in [-0.39, 0.29) is 46.3 Å². The highest BCUT2D eigenvalue weighted by atomic mass is 19.4. The van der Waals surface area contributed by atoms with Gasteiger partial charge in [0, 0.05) is 55.3 Å². The number of piperidine rings is 2. The van der Waals surface area contributed by atoms with E-state index in [1.807, 2.05) is 25.8 Å². The van der Waals surface area contributed by atoms with E-state index in [1.54, 1.807) is 18.2 Å². The fourth-order valence-corrected chi connectivity index (χ4v) is 6.38. The molecule has 3 N–H and O–H groups in total. The van der Waals surface area contributed by atoms with Crippen molar-refractivity contribution in [3.8, 4) is 11.5 Å². The van der Waals surface area contributed by atoms with Crippen LogP contribution in [0.5, 0.6) is 11.5 Å². The van der Waals surface area contributed by atoms with Crippen LogP contribution in [0.3, 0.4) is 0 Å². The first-order valence-electron chi connectivity index (χ1n) is 17.2. The number of carbonyl (C=O) groups is 1. The molecule has 278 valence electrons. The molecule has 2 fully saturated rings. The standard InChI is InChI=1S/C38H43F5N6O3/c1-23(2)32(44)9-10-33(45)24-4-7-28(8-5-24)52-35-19-29(30(39)18-25(35)20-49-21-26(38(41,42)43)6-11-36(49)50)37(51)46-27-12-16-48(17-13-27)34-14-15-47(3)22-31(34)40/h4-11,18-19,21,23,27,31,34,44-45H,12-17,20,22H2,1-3H3,(H,46,51)/b10-9-,44-32?,45-33?. The lowest BCUT2D eigenvalue weighted by Gasteiger charge is -2.42. The van der Waals surface area contributed by atoms with E-state index in [9.17, 15) is 27.2 Å². The van der Waals surface area contributed by atoms with Crippen molar-refractivity contribution < 1.29 is 31.5 Å². The molecule has 2 unspecified atom stereocenters. The summed E-state index contributed by atoms with van der Waals surface area (Å²) in [6, 6.07) is 9.37. The SMILES string of the molecule is CC(C)C(=N)/C=C\C(=N)c1ccc(Oc2cc(C(=O)NC3CCN(C4CCN(C)CC4F)CC3)c(F)cc2Cn2cc(C(F)(F)F)ccc2=O)cc1. The average Bonchev–Trinajstić information content (AvgIpc) is 3.09. The number of halogens is 5. The molecule has 1 aromatic heterocycles. The van der Waals surface area contributed by atoms with Crippen molar-refractivity contribution in [2.24, 2.45) is 5.92 Å². The highest BCUT2D eigenvalue weighted by Crippen LogP contribution is 2.32. The van der Waals surface area contributed by atoms with Crippen LogP contribution in [-0.4, -0.2) is 83.2 Å². The Hall–Kier alpha value is -4.69. The van der Waals surface area contributed by atoms with E-state index in [0.29, 0.717) is 62.4 Å². The van der Waals surface area contributed by atoms with Gasteiger partial charge < -0.3 is 30.3 Å². The second kappa shape index (κ2) is 16.3. The number of nitrogens with one attached hydrogen (secondary N) is 3. The summed E-state index contributed by atoms with van der Waals surface area (Å²) in [4.78, 5) is 30.1. The smallest absolute Gasteiger partial charge is 0.417 e. The first-order valence-corrected chi connectivity index (χ1v) is 17.2. The third kappa shape index (κ3) is 9.59. The predicted octanol–water partition coefficient (Wildman–Crippen LogP) is 6.68. The molecule has 0 saturated carbocycles. The lowest BCUT2D eigenvalue weighted by atomic mass is 9.96. The maximum atomic E-state index is 15.7. The van der Waals surface area contributed by atoms with Crippen molar-refractivity contribution in [2.75, 3.05) is 33.2 Å². The third-order valence-corrected chi connectivity index (χ3v) is 9.53. The van der Waals surface area contributed by atoms with Crippen molar-refractivity contribution in [1.82, 2.24) is 19.7 Å². The van der Waals surface area contributed by atoms with Crippen LogP contribution in [0.4, 0.5) is 22.0 Å². The second-order valence-electron chi connectivity index (χ2n) is 13.7. The zero-order valence-electron chi connectivity index (χ0n) is 29.3. The summed E-state index contributed by atoms with van der Waals surface area (Å²) in [5.41, 5.74) is -1.15. The Morgan fingerprint density at radius 2 is 1.71 bits per heavy atom. The molecule has 2 saturated heterocycles. The van der Waals surface area contributed by atoms with E-state index < -0.39 is 41.7 Å². The summed E-state index contributed by atoms with van der Waals surface area (Å²) in [7, 11) is 1.89. The van der Waals surface area contributed by atoms with Gasteiger partial charge in [0.1, 0.15) is 23.5 Å². The highest BCUT2D eigenvalue weighted by molar-refractivity contribution is 6.10. The van der Waals surface area contributed by atoms with Gasteiger partial charge in [-0.15, -0.1) is 0 Å². The molecule has 0 spiro atoms. The van der Waals surface area contributed by atoms with Gasteiger partial charge in [-0.3, -0.25) is 14.5 Å². The Labute approximate surface area is 299 Å². The van der Waals surface area contributed by atoms with Crippen LogP contribution in [0.25, 0.3) is 0 Å². The summed E-state index contributed by atoms with van der Waals surface area (Å²) >= 11 is 0. The molecule has 9 nitrogen and oxygen atoms in total. The number of ether oxygens (including phenoxy) is 1. The first-order chi connectivity index (χ1) is 24.6. The predicted molar refractivity (Wildman–Crippen MR) is 189 cm³/mol.